The van der Waals surface area contributed by atoms with Gasteiger partial charge in [0.05, 0.1) is 5.52 Å². The number of nitrogens with zero attached hydrogens (tertiary/aromatic N) is 2. The van der Waals surface area contributed by atoms with E-state index in [2.05, 4.69) is 57.2 Å². The topological polar surface area (TPSA) is 101 Å². The zero-order valence-electron chi connectivity index (χ0n) is 12.3. The van der Waals surface area contributed by atoms with Gasteiger partial charge in [-0.2, -0.15) is 0 Å². The number of benzene rings is 2. The quantitative estimate of drug-likeness (QED) is 0.756. The van der Waals surface area contributed by atoms with Crippen molar-refractivity contribution < 1.29 is 11.0 Å². The van der Waals surface area contributed by atoms with Crippen LogP contribution >= 0.6 is 15.9 Å². The number of fused-ring (bicyclic) bond motifs is 1. The van der Waals surface area contributed by atoms with Gasteiger partial charge in [-0.25, -0.2) is 9.97 Å². The minimum atomic E-state index is 0. The highest BCUT2D eigenvalue weighted by atomic mass is 79.9. The first-order chi connectivity index (χ1) is 9.63. The summed E-state index contributed by atoms with van der Waals surface area (Å²) in [6.45, 7) is 4.20. The van der Waals surface area contributed by atoms with E-state index in [-0.39, 0.29) is 11.0 Å². The van der Waals surface area contributed by atoms with Crippen molar-refractivity contribution in [2.45, 2.75) is 13.8 Å². The molecule has 5 nitrogen and oxygen atoms in total. The molecular formula is C16H18BrN3O2. The Labute approximate surface area is 137 Å². The Morgan fingerprint density at radius 2 is 1.55 bits per heavy atom. The number of aryl methyl sites for hydroxylation is 2. The molecule has 6 heteroatoms. The van der Waals surface area contributed by atoms with Crippen molar-refractivity contribution in [1.82, 2.24) is 9.97 Å². The van der Waals surface area contributed by atoms with E-state index < -0.39 is 0 Å². The third-order valence-electron chi connectivity index (χ3n) is 3.36. The summed E-state index contributed by atoms with van der Waals surface area (Å²) in [5, 5.41) is 4.39. The van der Waals surface area contributed by atoms with Crippen LogP contribution in [-0.4, -0.2) is 20.9 Å². The molecule has 0 saturated heterocycles. The lowest BCUT2D eigenvalue weighted by molar-refractivity contribution is 0.823. The molecule has 3 aromatic rings. The van der Waals surface area contributed by atoms with Gasteiger partial charge in [-0.3, -0.25) is 0 Å². The average Bonchev–Trinajstić information content (AvgIpc) is 2.43. The Morgan fingerprint density at radius 3 is 2.23 bits per heavy atom. The molecule has 1 heterocycles. The van der Waals surface area contributed by atoms with Crippen molar-refractivity contribution in [2.75, 3.05) is 5.32 Å². The summed E-state index contributed by atoms with van der Waals surface area (Å²) < 4.78 is 1.06. The van der Waals surface area contributed by atoms with Gasteiger partial charge in [0.25, 0.3) is 0 Å². The summed E-state index contributed by atoms with van der Waals surface area (Å²) in [6.07, 6.45) is 1.60. The monoisotopic (exact) mass is 363 g/mol. The molecule has 0 radical (unpaired) electrons. The van der Waals surface area contributed by atoms with Crippen LogP contribution in [0.25, 0.3) is 10.9 Å². The van der Waals surface area contributed by atoms with Gasteiger partial charge >= 0.3 is 0 Å². The summed E-state index contributed by atoms with van der Waals surface area (Å²) in [7, 11) is 0. The summed E-state index contributed by atoms with van der Waals surface area (Å²) in [6, 6.07) is 12.3. The van der Waals surface area contributed by atoms with E-state index in [9.17, 15) is 0 Å². The van der Waals surface area contributed by atoms with Crippen LogP contribution in [0.1, 0.15) is 11.1 Å². The second-order valence-electron chi connectivity index (χ2n) is 4.81. The number of rotatable bonds is 2. The van der Waals surface area contributed by atoms with Crippen LogP contribution in [0.4, 0.5) is 11.5 Å². The molecule has 1 aromatic heterocycles. The van der Waals surface area contributed by atoms with Crippen LogP contribution in [0.3, 0.4) is 0 Å². The van der Waals surface area contributed by atoms with Crippen LogP contribution < -0.4 is 5.32 Å². The van der Waals surface area contributed by atoms with Crippen molar-refractivity contribution in [2.24, 2.45) is 0 Å². The first-order valence-corrected chi connectivity index (χ1v) is 7.17. The highest BCUT2D eigenvalue weighted by molar-refractivity contribution is 9.10. The molecule has 116 valence electrons. The molecule has 0 amide bonds. The van der Waals surface area contributed by atoms with Crippen LogP contribution in [0.15, 0.2) is 47.2 Å². The molecule has 0 saturated carbocycles. The molecule has 5 N–H and O–H groups in total. The maximum atomic E-state index is 4.36. The third kappa shape index (κ3) is 3.59. The van der Waals surface area contributed by atoms with Crippen LogP contribution in [0, 0.1) is 13.8 Å². The summed E-state index contributed by atoms with van der Waals surface area (Å²) in [4.78, 5) is 8.70. The van der Waals surface area contributed by atoms with Gasteiger partial charge in [0.1, 0.15) is 12.1 Å². The second-order valence-corrected chi connectivity index (χ2v) is 5.72. The Morgan fingerprint density at radius 1 is 0.909 bits per heavy atom. The maximum Gasteiger partial charge on any atom is 0.141 e. The van der Waals surface area contributed by atoms with Crippen molar-refractivity contribution in [3.05, 3.63) is 58.3 Å². The fourth-order valence-corrected chi connectivity index (χ4v) is 2.35. The van der Waals surface area contributed by atoms with Crippen molar-refractivity contribution in [3.63, 3.8) is 0 Å². The minimum Gasteiger partial charge on any atom is -0.412 e. The van der Waals surface area contributed by atoms with E-state index >= 15 is 0 Å². The zero-order chi connectivity index (χ0) is 14.1. The molecule has 2 aromatic carbocycles. The van der Waals surface area contributed by atoms with Crippen molar-refractivity contribution >= 4 is 38.3 Å². The Bertz CT molecular complexity index is 776. The minimum absolute atomic E-state index is 0. The summed E-state index contributed by atoms with van der Waals surface area (Å²) in [5.74, 6) is 0.834. The number of halogens is 1. The number of hydrogen-bond donors (Lipinski definition) is 1. The van der Waals surface area contributed by atoms with E-state index in [1.165, 1.54) is 11.1 Å². The normalized spacial score (nSPS) is 9.77. The predicted octanol–water partition coefficient (Wildman–Crippen LogP) is 3.10. The van der Waals surface area contributed by atoms with Crippen LogP contribution in [0.5, 0.6) is 0 Å². The summed E-state index contributed by atoms with van der Waals surface area (Å²) in [5.41, 5.74) is 4.45. The smallest absolute Gasteiger partial charge is 0.141 e. The van der Waals surface area contributed by atoms with Crippen LogP contribution in [-0.2, 0) is 0 Å². The van der Waals surface area contributed by atoms with Crippen LogP contribution in [0.2, 0.25) is 0 Å². The van der Waals surface area contributed by atoms with Gasteiger partial charge in [-0.1, -0.05) is 15.9 Å². The molecule has 3 rings (SSSR count). The van der Waals surface area contributed by atoms with E-state index in [0.29, 0.717) is 0 Å². The van der Waals surface area contributed by atoms with Crippen molar-refractivity contribution in [3.8, 4) is 0 Å². The Kier molecular flexibility index (Phi) is 5.99. The molecular weight excluding hydrogens is 346 g/mol. The van der Waals surface area contributed by atoms with Gasteiger partial charge in [-0.15, -0.1) is 0 Å². The number of hydrogen-bond acceptors (Lipinski definition) is 3. The van der Waals surface area contributed by atoms with Gasteiger partial charge in [0, 0.05) is 15.5 Å². The van der Waals surface area contributed by atoms with Crippen molar-refractivity contribution in [1.29, 1.82) is 0 Å². The highest BCUT2D eigenvalue weighted by Crippen LogP contribution is 2.26. The predicted molar refractivity (Wildman–Crippen MR) is 93.7 cm³/mol. The summed E-state index contributed by atoms with van der Waals surface area (Å²) >= 11 is 3.43. The van der Waals surface area contributed by atoms with E-state index in [1.807, 2.05) is 24.3 Å². The molecule has 0 unspecified atom stereocenters. The fraction of sp³-hybridized carbons (Fsp3) is 0.125. The van der Waals surface area contributed by atoms with E-state index in [4.69, 9.17) is 0 Å². The lowest BCUT2D eigenvalue weighted by atomic mass is 10.1. The Hall–Kier alpha value is -2.02. The van der Waals surface area contributed by atoms with Gasteiger partial charge in [0.15, 0.2) is 0 Å². The number of anilines is 2. The molecule has 0 atom stereocenters. The lowest BCUT2D eigenvalue weighted by Gasteiger charge is -2.10. The molecule has 0 aliphatic heterocycles. The molecule has 0 aliphatic rings. The number of aromatic nitrogens is 2. The largest absolute Gasteiger partial charge is 0.412 e. The van der Waals surface area contributed by atoms with E-state index in [1.54, 1.807) is 6.33 Å². The lowest BCUT2D eigenvalue weighted by Crippen LogP contribution is -1.96. The average molecular weight is 364 g/mol. The SMILES string of the molecule is Cc1cc2ncnc(Nc3ccc(Br)cc3)c2cc1C.O.O. The molecule has 22 heavy (non-hydrogen) atoms. The molecule has 0 fully saturated rings. The van der Waals surface area contributed by atoms with E-state index in [0.717, 1.165) is 26.9 Å². The first kappa shape index (κ1) is 18.0. The van der Waals surface area contributed by atoms with Gasteiger partial charge < -0.3 is 16.3 Å². The standard InChI is InChI=1S/C16H14BrN3.2H2O/c1-10-7-14-15(8-11(10)2)18-9-19-16(14)20-13-5-3-12(17)4-6-13;;/h3-9H,1-2H3,(H,18,19,20);2*1H2. The third-order valence-corrected chi connectivity index (χ3v) is 3.89. The highest BCUT2D eigenvalue weighted by Gasteiger charge is 2.06. The number of nitrogens with one attached hydrogen (secondary N) is 1. The molecule has 0 aliphatic carbocycles. The first-order valence-electron chi connectivity index (χ1n) is 6.38. The fourth-order valence-electron chi connectivity index (χ4n) is 2.09. The molecule has 0 bridgehead atoms. The van der Waals surface area contributed by atoms with Gasteiger partial charge in [0.2, 0.25) is 0 Å². The molecule has 0 spiro atoms. The Balaban J connectivity index is 0.00000121. The zero-order valence-corrected chi connectivity index (χ0v) is 13.9. The maximum absolute atomic E-state index is 4.36. The van der Waals surface area contributed by atoms with Gasteiger partial charge in [-0.05, 0) is 61.4 Å². The second kappa shape index (κ2) is 7.31.